The second-order valence-electron chi connectivity index (χ2n) is 9.07. The average Bonchev–Trinajstić information content (AvgIpc) is 3.52. The first-order chi connectivity index (χ1) is 16.7. The molecule has 1 aliphatic rings. The van der Waals surface area contributed by atoms with Gasteiger partial charge in [-0.05, 0) is 104 Å². The first kappa shape index (κ1) is 22.9. The number of fused-ring (bicyclic) bond motifs is 1. The fourth-order valence-electron chi connectivity index (χ4n) is 5.05. The molecule has 3 nitrogen and oxygen atoms in total. The van der Waals surface area contributed by atoms with Crippen LogP contribution in [0.4, 0.5) is 0 Å². The number of aryl methyl sites for hydroxylation is 1. The van der Waals surface area contributed by atoms with E-state index < -0.39 is 0 Å². The van der Waals surface area contributed by atoms with Gasteiger partial charge in [-0.1, -0.05) is 49.4 Å². The average molecular weight is 471 g/mol. The molecule has 0 N–H and O–H groups in total. The summed E-state index contributed by atoms with van der Waals surface area (Å²) in [6.45, 7) is 5.91. The van der Waals surface area contributed by atoms with Crippen LogP contribution in [0.1, 0.15) is 55.0 Å². The van der Waals surface area contributed by atoms with Gasteiger partial charge in [-0.3, -0.25) is 4.98 Å². The molecule has 0 radical (unpaired) electrons. The topological polar surface area (TPSA) is 29.3 Å². The van der Waals surface area contributed by atoms with E-state index in [4.69, 9.17) is 21.0 Å². The maximum Gasteiger partial charge on any atom is 0.194 e. The first-order valence-corrected chi connectivity index (χ1v) is 12.7. The lowest BCUT2D eigenvalue weighted by Gasteiger charge is -2.17. The van der Waals surface area contributed by atoms with Gasteiger partial charge < -0.3 is 9.32 Å². The van der Waals surface area contributed by atoms with Gasteiger partial charge in [-0.25, -0.2) is 0 Å². The van der Waals surface area contributed by atoms with E-state index in [1.165, 1.54) is 66.9 Å². The van der Waals surface area contributed by atoms with E-state index in [1.807, 2.05) is 12.1 Å². The first-order valence-electron chi connectivity index (χ1n) is 12.4. The minimum atomic E-state index is 0.419. The van der Waals surface area contributed by atoms with Gasteiger partial charge >= 0.3 is 0 Å². The predicted molar refractivity (Wildman–Crippen MR) is 142 cm³/mol. The monoisotopic (exact) mass is 470 g/mol. The van der Waals surface area contributed by atoms with Gasteiger partial charge in [0.2, 0.25) is 0 Å². The summed E-state index contributed by atoms with van der Waals surface area (Å²) < 4.78 is 5.58. The van der Waals surface area contributed by atoms with Crippen LogP contribution in [0.2, 0.25) is 5.22 Å². The van der Waals surface area contributed by atoms with Crippen molar-refractivity contribution in [2.75, 3.05) is 19.6 Å². The fourth-order valence-corrected chi connectivity index (χ4v) is 5.25. The molecular formula is C30H31ClN2O. The van der Waals surface area contributed by atoms with E-state index in [-0.39, 0.29) is 0 Å². The summed E-state index contributed by atoms with van der Waals surface area (Å²) in [6.07, 6.45) is 7.85. The molecule has 4 aromatic rings. The largest absolute Gasteiger partial charge is 0.445 e. The predicted octanol–water partition coefficient (Wildman–Crippen LogP) is 7.88. The number of allylic oxidation sites excluding steroid dienone is 1. The normalized spacial score (nSPS) is 15.1. The van der Waals surface area contributed by atoms with Crippen molar-refractivity contribution in [2.45, 2.75) is 39.0 Å². The number of rotatable bonds is 8. The smallest absolute Gasteiger partial charge is 0.194 e. The molecule has 0 unspecified atom stereocenters. The molecule has 2 aromatic heterocycles. The molecule has 4 heteroatoms. The van der Waals surface area contributed by atoms with Crippen molar-refractivity contribution in [2.24, 2.45) is 0 Å². The van der Waals surface area contributed by atoms with Crippen LogP contribution in [0, 0.1) is 0 Å². The maximum atomic E-state index is 6.10. The van der Waals surface area contributed by atoms with Crippen molar-refractivity contribution in [3.8, 4) is 0 Å². The number of likely N-dealkylation sites (tertiary alicyclic amines) is 1. The molecule has 0 spiro atoms. The molecule has 0 bridgehead atoms. The third-order valence-electron chi connectivity index (χ3n) is 6.77. The minimum absolute atomic E-state index is 0.419. The summed E-state index contributed by atoms with van der Waals surface area (Å²) in [5.41, 5.74) is 8.03. The van der Waals surface area contributed by atoms with E-state index in [0.29, 0.717) is 5.22 Å². The standard InChI is InChI=1S/C30H31ClN2O/c1-2-27(23-13-15-28-25(19-23)20-29(31)34-28)30(22-9-4-3-5-10-22)24-12-14-26(32-21-24)11-8-18-33-16-6-7-17-33/h3-5,9-10,12-15,19-21H,2,6-8,11,16-18H2,1H3. The molecule has 5 rings (SSSR count). The van der Waals surface area contributed by atoms with E-state index in [0.717, 1.165) is 29.4 Å². The summed E-state index contributed by atoms with van der Waals surface area (Å²) in [5, 5.41) is 1.44. The van der Waals surface area contributed by atoms with Crippen molar-refractivity contribution in [3.63, 3.8) is 0 Å². The van der Waals surface area contributed by atoms with Crippen LogP contribution in [0.25, 0.3) is 22.1 Å². The highest BCUT2D eigenvalue weighted by Gasteiger charge is 2.15. The minimum Gasteiger partial charge on any atom is -0.445 e. The molecule has 0 aliphatic carbocycles. The SMILES string of the molecule is CCC(=C(c1ccccc1)c1ccc(CCCN2CCCC2)nc1)c1ccc2oc(Cl)cc2c1. The van der Waals surface area contributed by atoms with Gasteiger partial charge in [0.1, 0.15) is 5.58 Å². The van der Waals surface area contributed by atoms with Crippen LogP contribution in [-0.4, -0.2) is 29.5 Å². The second-order valence-corrected chi connectivity index (χ2v) is 9.44. The number of hydrogen-bond acceptors (Lipinski definition) is 3. The van der Waals surface area contributed by atoms with Crippen LogP contribution < -0.4 is 0 Å². The summed E-state index contributed by atoms with van der Waals surface area (Å²) in [4.78, 5) is 7.44. The molecule has 34 heavy (non-hydrogen) atoms. The second kappa shape index (κ2) is 10.6. The zero-order valence-electron chi connectivity index (χ0n) is 19.8. The number of furan rings is 1. The number of pyridine rings is 1. The Morgan fingerprint density at radius 3 is 2.47 bits per heavy atom. The van der Waals surface area contributed by atoms with Gasteiger partial charge in [0.25, 0.3) is 0 Å². The molecule has 2 aromatic carbocycles. The zero-order valence-corrected chi connectivity index (χ0v) is 20.5. The van der Waals surface area contributed by atoms with Crippen LogP contribution in [0.3, 0.4) is 0 Å². The Labute approximate surface area is 207 Å². The van der Waals surface area contributed by atoms with Crippen molar-refractivity contribution < 1.29 is 4.42 Å². The molecule has 0 atom stereocenters. The Hall–Kier alpha value is -2.88. The lowest BCUT2D eigenvalue weighted by Crippen LogP contribution is -2.20. The summed E-state index contributed by atoms with van der Waals surface area (Å²) in [5.74, 6) is 0. The van der Waals surface area contributed by atoms with E-state index in [2.05, 4.69) is 72.6 Å². The van der Waals surface area contributed by atoms with Gasteiger partial charge in [0.15, 0.2) is 5.22 Å². The highest BCUT2D eigenvalue weighted by atomic mass is 35.5. The molecule has 1 aliphatic heterocycles. The Kier molecular flexibility index (Phi) is 7.13. The van der Waals surface area contributed by atoms with E-state index in [9.17, 15) is 0 Å². The lowest BCUT2D eigenvalue weighted by atomic mass is 9.88. The number of halogens is 1. The molecule has 1 fully saturated rings. The van der Waals surface area contributed by atoms with Gasteiger partial charge in [-0.2, -0.15) is 0 Å². The Balaban J connectivity index is 1.48. The molecule has 0 saturated carbocycles. The molecule has 1 saturated heterocycles. The number of hydrogen-bond donors (Lipinski definition) is 0. The van der Waals surface area contributed by atoms with Crippen LogP contribution in [0.15, 0.2) is 77.3 Å². The van der Waals surface area contributed by atoms with Crippen LogP contribution >= 0.6 is 11.6 Å². The summed E-state index contributed by atoms with van der Waals surface area (Å²) in [6, 6.07) is 23.3. The Morgan fingerprint density at radius 1 is 0.941 bits per heavy atom. The van der Waals surface area contributed by atoms with Crippen molar-refractivity contribution in [1.82, 2.24) is 9.88 Å². The summed E-state index contributed by atoms with van der Waals surface area (Å²) >= 11 is 6.10. The molecule has 174 valence electrons. The third-order valence-corrected chi connectivity index (χ3v) is 6.96. The van der Waals surface area contributed by atoms with Gasteiger partial charge in [0, 0.05) is 28.9 Å². The van der Waals surface area contributed by atoms with Crippen LogP contribution in [-0.2, 0) is 6.42 Å². The van der Waals surface area contributed by atoms with E-state index in [1.54, 1.807) is 0 Å². The van der Waals surface area contributed by atoms with Gasteiger partial charge in [0.05, 0.1) is 0 Å². The highest BCUT2D eigenvalue weighted by Crippen LogP contribution is 2.36. The van der Waals surface area contributed by atoms with Gasteiger partial charge in [-0.15, -0.1) is 0 Å². The Morgan fingerprint density at radius 2 is 1.74 bits per heavy atom. The lowest BCUT2D eigenvalue weighted by molar-refractivity contribution is 0.333. The molecule has 0 amide bonds. The van der Waals surface area contributed by atoms with Crippen molar-refractivity contribution in [1.29, 1.82) is 0 Å². The maximum absolute atomic E-state index is 6.10. The fraction of sp³-hybridized carbons (Fsp3) is 0.300. The number of benzene rings is 2. The highest BCUT2D eigenvalue weighted by molar-refractivity contribution is 6.29. The van der Waals surface area contributed by atoms with Crippen molar-refractivity contribution >= 4 is 33.7 Å². The Bertz CT molecular complexity index is 1270. The third kappa shape index (κ3) is 5.11. The van der Waals surface area contributed by atoms with Crippen LogP contribution in [0.5, 0.6) is 0 Å². The zero-order chi connectivity index (χ0) is 23.3. The molecular weight excluding hydrogens is 440 g/mol. The van der Waals surface area contributed by atoms with E-state index >= 15 is 0 Å². The molecule has 3 heterocycles. The quantitative estimate of drug-likeness (QED) is 0.245. The summed E-state index contributed by atoms with van der Waals surface area (Å²) in [7, 11) is 0. The van der Waals surface area contributed by atoms with Crippen molar-refractivity contribution in [3.05, 3.63) is 101 Å². The number of aromatic nitrogens is 1. The number of nitrogens with zero attached hydrogens (tertiary/aromatic N) is 2.